The van der Waals surface area contributed by atoms with Gasteiger partial charge in [0.25, 0.3) is 0 Å². The van der Waals surface area contributed by atoms with Crippen molar-refractivity contribution in [2.75, 3.05) is 0 Å². The zero-order chi connectivity index (χ0) is 25.1. The molecule has 0 aliphatic carbocycles. The normalized spacial score (nSPS) is 12.2. The molecule has 6 nitrogen and oxygen atoms in total. The van der Waals surface area contributed by atoms with Crippen LogP contribution >= 0.6 is 17.0 Å². The number of benzene rings is 1. The molecule has 0 saturated heterocycles. The molecule has 0 aliphatic heterocycles. The average molecular weight is 539 g/mol. The van der Waals surface area contributed by atoms with Crippen LogP contribution in [0.4, 0.5) is 0 Å². The van der Waals surface area contributed by atoms with Crippen LogP contribution < -0.4 is 5.62 Å². The Morgan fingerprint density at radius 3 is 1.94 bits per heavy atom. The molecule has 1 heterocycles. The van der Waals surface area contributed by atoms with E-state index in [1.807, 2.05) is 46.1 Å². The quantitative estimate of drug-likeness (QED) is 0.350. The fourth-order valence-electron chi connectivity index (χ4n) is 4.29. The molecule has 0 unspecified atom stereocenters. The second-order valence-corrected chi connectivity index (χ2v) is 11.2. The second kappa shape index (κ2) is 11.7. The lowest BCUT2D eigenvalue weighted by molar-refractivity contribution is 0.0969. The van der Waals surface area contributed by atoms with Crippen molar-refractivity contribution in [3.63, 3.8) is 0 Å². The van der Waals surface area contributed by atoms with E-state index in [1.165, 1.54) is 0 Å². The first-order valence-electron chi connectivity index (χ1n) is 12.1. The molecule has 192 valence electrons. The van der Waals surface area contributed by atoms with Crippen molar-refractivity contribution < 1.29 is 15.0 Å². The molecule has 1 aromatic heterocycles. The monoisotopic (exact) mass is 537 g/mol. The second-order valence-electron chi connectivity index (χ2n) is 11.2. The molecular weight excluding hydrogens is 494 g/mol. The molecular formula is C27H44BrN3O3. The minimum absolute atomic E-state index is 0. The van der Waals surface area contributed by atoms with E-state index in [0.717, 1.165) is 30.4 Å². The minimum Gasteiger partial charge on any atom is -0.507 e. The predicted octanol–water partition coefficient (Wildman–Crippen LogP) is 5.85. The van der Waals surface area contributed by atoms with Gasteiger partial charge in [0, 0.05) is 29.4 Å². The number of carbonyl (C=O) groups excluding carboxylic acids is 1. The highest BCUT2D eigenvalue weighted by Crippen LogP contribution is 2.39. The highest BCUT2D eigenvalue weighted by molar-refractivity contribution is 8.93. The van der Waals surface area contributed by atoms with Gasteiger partial charge in [0.1, 0.15) is 5.75 Å². The summed E-state index contributed by atoms with van der Waals surface area (Å²) in [5.74, 6) is 0.707. The molecule has 34 heavy (non-hydrogen) atoms. The Morgan fingerprint density at radius 1 is 1.03 bits per heavy atom. The zero-order valence-corrected chi connectivity index (χ0v) is 23.9. The number of aromatic nitrogens is 2. The number of hydrogen-bond acceptors (Lipinski definition) is 4. The van der Waals surface area contributed by atoms with E-state index in [0.29, 0.717) is 23.7 Å². The number of halogens is 1. The van der Waals surface area contributed by atoms with Crippen molar-refractivity contribution in [3.8, 4) is 5.75 Å². The number of aliphatic hydroxyl groups is 1. The molecule has 0 radical (unpaired) electrons. The standard InChI is InChI=1S/C27H43N3O3.BrH/c1-9-18(10-2)11-12-30-20(17-31)15-29(25(30)28)16-23(32)19-13-21(26(3,4)5)24(33)22(14-19)27(6,7)8;/h13-15,18,28,31,33H,9-12,16-17H2,1-8H3;1H. The number of phenolic OH excluding ortho intramolecular Hbond substituents is 1. The lowest BCUT2D eigenvalue weighted by atomic mass is 9.78. The maximum Gasteiger partial charge on any atom is 0.202 e. The van der Waals surface area contributed by atoms with Crippen LogP contribution in [0.1, 0.15) is 102 Å². The first-order chi connectivity index (χ1) is 15.2. The van der Waals surface area contributed by atoms with Crippen molar-refractivity contribution in [3.05, 3.63) is 46.3 Å². The Balaban J connectivity index is 0.00000578. The van der Waals surface area contributed by atoms with Crippen LogP contribution in [-0.2, 0) is 30.5 Å². The summed E-state index contributed by atoms with van der Waals surface area (Å²) in [5, 5.41) is 29.4. The number of phenols is 1. The van der Waals surface area contributed by atoms with Gasteiger partial charge in [-0.1, -0.05) is 68.2 Å². The number of hydrogen-bond donors (Lipinski definition) is 3. The van der Waals surface area contributed by atoms with Crippen LogP contribution in [0.3, 0.4) is 0 Å². The summed E-state index contributed by atoms with van der Waals surface area (Å²) in [6.45, 7) is 17.0. The maximum absolute atomic E-state index is 13.3. The van der Waals surface area contributed by atoms with Gasteiger partial charge in [0.2, 0.25) is 5.62 Å². The first kappa shape index (κ1) is 30.2. The van der Waals surface area contributed by atoms with Gasteiger partial charge in [-0.15, -0.1) is 17.0 Å². The van der Waals surface area contributed by atoms with E-state index in [2.05, 4.69) is 13.8 Å². The highest BCUT2D eigenvalue weighted by atomic mass is 79.9. The van der Waals surface area contributed by atoms with E-state index < -0.39 is 0 Å². The first-order valence-corrected chi connectivity index (χ1v) is 12.1. The van der Waals surface area contributed by atoms with Crippen molar-refractivity contribution >= 4 is 22.8 Å². The molecule has 0 aliphatic rings. The van der Waals surface area contributed by atoms with Crippen molar-refractivity contribution in [2.24, 2.45) is 5.92 Å². The van der Waals surface area contributed by atoms with Gasteiger partial charge < -0.3 is 19.3 Å². The number of rotatable bonds is 9. The Hall–Kier alpha value is -1.86. The van der Waals surface area contributed by atoms with Crippen molar-refractivity contribution in [1.29, 1.82) is 5.41 Å². The molecule has 1 aromatic carbocycles. The van der Waals surface area contributed by atoms with E-state index in [-0.39, 0.29) is 58.1 Å². The summed E-state index contributed by atoms with van der Waals surface area (Å²) in [4.78, 5) is 13.3. The van der Waals surface area contributed by atoms with E-state index >= 15 is 0 Å². The average Bonchev–Trinajstić information content (AvgIpc) is 3.01. The van der Waals surface area contributed by atoms with Crippen LogP contribution in [0.15, 0.2) is 18.3 Å². The summed E-state index contributed by atoms with van der Waals surface area (Å²) in [7, 11) is 0. The SMILES string of the molecule is Br.CCC(CC)CCn1c(CO)cn(CC(=O)c2cc(C(C)(C)C)c(O)c(C(C)(C)C)c2)c1=N. The highest BCUT2D eigenvalue weighted by Gasteiger charge is 2.28. The van der Waals surface area contributed by atoms with Crippen molar-refractivity contribution in [1.82, 2.24) is 9.13 Å². The number of carbonyl (C=O) groups is 1. The van der Waals surface area contributed by atoms with Gasteiger partial charge in [-0.3, -0.25) is 10.2 Å². The fraction of sp³-hybridized carbons (Fsp3) is 0.630. The van der Waals surface area contributed by atoms with Crippen LogP contribution in [0.25, 0.3) is 0 Å². The van der Waals surface area contributed by atoms with Crippen molar-refractivity contribution in [2.45, 2.75) is 105 Å². The number of Topliss-reactive ketones (excluding diaryl/α,β-unsaturated/α-hetero) is 1. The Labute approximate surface area is 215 Å². The van der Waals surface area contributed by atoms with Gasteiger partial charge in [-0.25, -0.2) is 0 Å². The van der Waals surface area contributed by atoms with Gasteiger partial charge in [-0.2, -0.15) is 0 Å². The minimum atomic E-state index is -0.323. The third-order valence-corrected chi connectivity index (χ3v) is 6.62. The summed E-state index contributed by atoms with van der Waals surface area (Å²) in [6, 6.07) is 3.57. The Bertz CT molecular complexity index is 1000. The topological polar surface area (TPSA) is 91.2 Å². The largest absolute Gasteiger partial charge is 0.507 e. The zero-order valence-electron chi connectivity index (χ0n) is 22.2. The van der Waals surface area contributed by atoms with Gasteiger partial charge >= 0.3 is 0 Å². The molecule has 2 aromatic rings. The molecule has 0 fully saturated rings. The van der Waals surface area contributed by atoms with Gasteiger partial charge in [0.15, 0.2) is 5.78 Å². The summed E-state index contributed by atoms with van der Waals surface area (Å²) < 4.78 is 3.42. The fourth-order valence-corrected chi connectivity index (χ4v) is 4.29. The summed E-state index contributed by atoms with van der Waals surface area (Å²) in [5.41, 5.74) is 2.25. The van der Waals surface area contributed by atoms with Gasteiger partial charge in [0.05, 0.1) is 18.8 Å². The molecule has 2 rings (SSSR count). The molecule has 0 bridgehead atoms. The summed E-state index contributed by atoms with van der Waals surface area (Å²) in [6.07, 6.45) is 4.83. The molecule has 0 amide bonds. The molecule has 3 N–H and O–H groups in total. The van der Waals surface area contributed by atoms with E-state index in [1.54, 1.807) is 22.9 Å². The van der Waals surface area contributed by atoms with Gasteiger partial charge in [-0.05, 0) is 35.3 Å². The molecule has 0 saturated carbocycles. The smallest absolute Gasteiger partial charge is 0.202 e. The lowest BCUT2D eigenvalue weighted by Crippen LogP contribution is -2.28. The molecule has 0 spiro atoms. The number of imidazole rings is 1. The van der Waals surface area contributed by atoms with Crippen LogP contribution in [0, 0.1) is 11.3 Å². The number of nitrogens with one attached hydrogen (secondary N) is 1. The predicted molar refractivity (Wildman–Crippen MR) is 143 cm³/mol. The number of nitrogens with zero attached hydrogens (tertiary/aromatic N) is 2. The summed E-state index contributed by atoms with van der Waals surface area (Å²) >= 11 is 0. The Morgan fingerprint density at radius 2 is 1.53 bits per heavy atom. The molecule has 7 heteroatoms. The molecule has 0 atom stereocenters. The van der Waals surface area contributed by atoms with Crippen LogP contribution in [-0.4, -0.2) is 25.1 Å². The lowest BCUT2D eigenvalue weighted by Gasteiger charge is -2.28. The van der Waals surface area contributed by atoms with Crippen LogP contribution in [0.2, 0.25) is 0 Å². The number of aromatic hydroxyl groups is 1. The third kappa shape index (κ3) is 6.85. The van der Waals surface area contributed by atoms with E-state index in [4.69, 9.17) is 5.41 Å². The Kier molecular flexibility index (Phi) is 10.4. The third-order valence-electron chi connectivity index (χ3n) is 6.62. The van der Waals surface area contributed by atoms with Crippen LogP contribution in [0.5, 0.6) is 5.75 Å². The van der Waals surface area contributed by atoms with E-state index in [9.17, 15) is 15.0 Å². The number of ketones is 1. The maximum atomic E-state index is 13.3. The number of aliphatic hydroxyl groups excluding tert-OH is 1.